The van der Waals surface area contributed by atoms with E-state index in [4.69, 9.17) is 22.1 Å². The summed E-state index contributed by atoms with van der Waals surface area (Å²) in [5.74, 6) is -0.436. The number of primary amides is 1. The molecule has 0 bridgehead atoms. The van der Waals surface area contributed by atoms with Crippen molar-refractivity contribution in [3.05, 3.63) is 58.1 Å². The molecule has 0 radical (unpaired) electrons. The number of hydrogen-bond acceptors (Lipinski definition) is 5. The molecule has 2 aromatic rings. The summed E-state index contributed by atoms with van der Waals surface area (Å²) in [6.45, 7) is 4.93. The lowest BCUT2D eigenvalue weighted by Crippen LogP contribution is -2.44. The van der Waals surface area contributed by atoms with Crippen LogP contribution in [0, 0.1) is 0 Å². The molecule has 7 heteroatoms. The third-order valence-corrected chi connectivity index (χ3v) is 6.20. The predicted molar refractivity (Wildman–Crippen MR) is 114 cm³/mol. The maximum Gasteiger partial charge on any atom is 0.227 e. The van der Waals surface area contributed by atoms with E-state index in [0.717, 1.165) is 30.6 Å². The molecule has 0 spiro atoms. The fraction of sp³-hybridized carbons (Fsp3) is 0.364. The van der Waals surface area contributed by atoms with E-state index in [1.54, 1.807) is 12.1 Å². The largest absolute Gasteiger partial charge is 0.378 e. The van der Waals surface area contributed by atoms with Crippen LogP contribution >= 0.6 is 11.6 Å². The van der Waals surface area contributed by atoms with Crippen LogP contribution in [0.15, 0.2) is 36.4 Å². The Bertz CT molecular complexity index is 958. The van der Waals surface area contributed by atoms with Gasteiger partial charge in [0.2, 0.25) is 5.91 Å². The van der Waals surface area contributed by atoms with Gasteiger partial charge in [-0.1, -0.05) is 23.7 Å². The van der Waals surface area contributed by atoms with Gasteiger partial charge in [-0.15, -0.1) is 0 Å². The van der Waals surface area contributed by atoms with Gasteiger partial charge in [0.1, 0.15) is 0 Å². The number of nitrogens with zero attached hydrogens (tertiary/aromatic N) is 1. The number of benzene rings is 2. The number of morpholine rings is 1. The third kappa shape index (κ3) is 3.58. The van der Waals surface area contributed by atoms with Crippen LogP contribution in [0.25, 0.3) is 0 Å². The zero-order valence-corrected chi connectivity index (χ0v) is 17.0. The van der Waals surface area contributed by atoms with Gasteiger partial charge in [-0.2, -0.15) is 0 Å². The lowest BCUT2D eigenvalue weighted by Gasteiger charge is -2.40. The summed E-state index contributed by atoms with van der Waals surface area (Å²) in [5, 5.41) is 3.87. The summed E-state index contributed by atoms with van der Waals surface area (Å²) < 4.78 is 5.45. The van der Waals surface area contributed by atoms with Crippen LogP contribution in [-0.2, 0) is 14.9 Å². The maximum atomic E-state index is 12.5. The first-order valence-corrected chi connectivity index (χ1v) is 10.1. The topological polar surface area (TPSA) is 84.7 Å². The molecular formula is C22H24ClN3O3. The second-order valence-electron chi connectivity index (χ2n) is 7.83. The molecule has 0 aromatic heterocycles. The van der Waals surface area contributed by atoms with E-state index < -0.39 is 11.3 Å². The Kier molecular flexibility index (Phi) is 5.23. The Hall–Kier alpha value is -2.57. The summed E-state index contributed by atoms with van der Waals surface area (Å²) in [7, 11) is 0. The van der Waals surface area contributed by atoms with Crippen molar-refractivity contribution in [2.45, 2.75) is 24.8 Å². The van der Waals surface area contributed by atoms with Crippen molar-refractivity contribution in [3.8, 4) is 0 Å². The summed E-state index contributed by atoms with van der Waals surface area (Å²) in [4.78, 5) is 26.4. The molecular weight excluding hydrogens is 390 g/mol. The number of anilines is 2. The number of halogens is 1. The Labute approximate surface area is 175 Å². The number of rotatable bonds is 4. The van der Waals surface area contributed by atoms with E-state index in [9.17, 15) is 9.59 Å². The molecule has 2 aliphatic rings. The number of aldehydes is 1. The van der Waals surface area contributed by atoms with Crippen molar-refractivity contribution in [1.82, 2.24) is 0 Å². The first-order chi connectivity index (χ1) is 13.9. The minimum atomic E-state index is -0.942. The fourth-order valence-corrected chi connectivity index (χ4v) is 4.48. The maximum absolute atomic E-state index is 12.5. The number of ether oxygens (including phenoxy) is 1. The van der Waals surface area contributed by atoms with E-state index in [1.807, 2.05) is 19.1 Å². The SMILES string of the molecule is CC1(C(N)=O)CC(c2cccc(N3CCOCC3)c2)Nc2c(C=O)cc(Cl)cc21. The van der Waals surface area contributed by atoms with Gasteiger partial charge in [0.15, 0.2) is 6.29 Å². The zero-order valence-electron chi connectivity index (χ0n) is 16.3. The van der Waals surface area contributed by atoms with Gasteiger partial charge in [0.25, 0.3) is 0 Å². The summed E-state index contributed by atoms with van der Waals surface area (Å²) in [5.41, 5.74) is 8.76. The van der Waals surface area contributed by atoms with Crippen molar-refractivity contribution in [2.75, 3.05) is 36.5 Å². The average Bonchev–Trinajstić information content (AvgIpc) is 2.74. The highest BCUT2D eigenvalue weighted by molar-refractivity contribution is 6.31. The van der Waals surface area contributed by atoms with Gasteiger partial charge < -0.3 is 20.7 Å². The minimum absolute atomic E-state index is 0.166. The normalized spacial score (nSPS) is 23.8. The number of nitrogens with one attached hydrogen (secondary N) is 1. The van der Waals surface area contributed by atoms with Gasteiger partial charge in [-0.05, 0) is 48.7 Å². The molecule has 2 aliphatic heterocycles. The molecule has 0 aliphatic carbocycles. The van der Waals surface area contributed by atoms with E-state index in [-0.39, 0.29) is 6.04 Å². The van der Waals surface area contributed by atoms with Crippen LogP contribution in [0.1, 0.15) is 40.9 Å². The van der Waals surface area contributed by atoms with Crippen LogP contribution in [0.2, 0.25) is 5.02 Å². The standard InChI is InChI=1S/C22H24ClN3O3/c1-22(21(24)28)12-19(25-20-15(13-27)9-16(23)11-18(20)22)14-3-2-4-17(10-14)26-5-7-29-8-6-26/h2-4,9-11,13,19,25H,5-8,12H2,1H3,(H2,24,28). The van der Waals surface area contributed by atoms with Gasteiger partial charge in [0.05, 0.1) is 24.7 Å². The number of carbonyl (C=O) groups is 2. The molecule has 2 aromatic carbocycles. The lowest BCUT2D eigenvalue weighted by atomic mass is 9.71. The van der Waals surface area contributed by atoms with Crippen molar-refractivity contribution in [3.63, 3.8) is 0 Å². The molecule has 4 rings (SSSR count). The first kappa shape index (κ1) is 19.7. The van der Waals surface area contributed by atoms with Gasteiger partial charge in [-0.25, -0.2) is 0 Å². The van der Waals surface area contributed by atoms with Crippen molar-refractivity contribution < 1.29 is 14.3 Å². The highest BCUT2D eigenvalue weighted by Gasteiger charge is 2.43. The molecule has 0 saturated carbocycles. The second-order valence-corrected chi connectivity index (χ2v) is 8.26. The Morgan fingerprint density at radius 3 is 2.76 bits per heavy atom. The van der Waals surface area contributed by atoms with Gasteiger partial charge in [0, 0.05) is 35.1 Å². The monoisotopic (exact) mass is 413 g/mol. The van der Waals surface area contributed by atoms with Crippen LogP contribution in [0.5, 0.6) is 0 Å². The molecule has 1 fully saturated rings. The summed E-state index contributed by atoms with van der Waals surface area (Å²) in [6.07, 6.45) is 1.23. The Morgan fingerprint density at radius 1 is 1.31 bits per heavy atom. The number of nitrogens with two attached hydrogens (primary N) is 1. The smallest absolute Gasteiger partial charge is 0.227 e. The van der Waals surface area contributed by atoms with Crippen LogP contribution in [-0.4, -0.2) is 38.5 Å². The first-order valence-electron chi connectivity index (χ1n) is 9.70. The predicted octanol–water partition coefficient (Wildman–Crippen LogP) is 3.29. The minimum Gasteiger partial charge on any atom is -0.378 e. The van der Waals surface area contributed by atoms with Crippen molar-refractivity contribution in [2.24, 2.45) is 5.73 Å². The van der Waals surface area contributed by atoms with E-state index in [0.29, 0.717) is 41.5 Å². The van der Waals surface area contributed by atoms with Gasteiger partial charge in [-0.3, -0.25) is 9.59 Å². The molecule has 152 valence electrons. The van der Waals surface area contributed by atoms with Crippen LogP contribution in [0.3, 0.4) is 0 Å². The van der Waals surface area contributed by atoms with Crippen LogP contribution < -0.4 is 16.0 Å². The highest BCUT2D eigenvalue weighted by Crippen LogP contribution is 2.46. The number of carbonyl (C=O) groups excluding carboxylic acids is 2. The van der Waals surface area contributed by atoms with Crippen LogP contribution in [0.4, 0.5) is 11.4 Å². The molecule has 29 heavy (non-hydrogen) atoms. The van der Waals surface area contributed by atoms with Gasteiger partial charge >= 0.3 is 0 Å². The van der Waals surface area contributed by atoms with Crippen molar-refractivity contribution in [1.29, 1.82) is 0 Å². The number of hydrogen-bond donors (Lipinski definition) is 2. The molecule has 1 saturated heterocycles. The molecule has 1 amide bonds. The molecule has 2 unspecified atom stereocenters. The lowest BCUT2D eigenvalue weighted by molar-refractivity contribution is -0.123. The number of fused-ring (bicyclic) bond motifs is 1. The van der Waals surface area contributed by atoms with Crippen molar-refractivity contribution >= 4 is 35.2 Å². The van der Waals surface area contributed by atoms with E-state index in [2.05, 4.69) is 22.3 Å². The Morgan fingerprint density at radius 2 is 2.07 bits per heavy atom. The summed E-state index contributed by atoms with van der Waals surface area (Å²) in [6, 6.07) is 11.4. The Balaban J connectivity index is 1.75. The third-order valence-electron chi connectivity index (χ3n) is 5.98. The highest BCUT2D eigenvalue weighted by atomic mass is 35.5. The molecule has 6 nitrogen and oxygen atoms in total. The second kappa shape index (κ2) is 7.69. The van der Waals surface area contributed by atoms with E-state index in [1.165, 1.54) is 0 Å². The quantitative estimate of drug-likeness (QED) is 0.751. The average molecular weight is 414 g/mol. The molecule has 2 heterocycles. The number of amides is 1. The summed E-state index contributed by atoms with van der Waals surface area (Å²) >= 11 is 6.20. The van der Waals surface area contributed by atoms with E-state index >= 15 is 0 Å². The molecule has 2 atom stereocenters. The zero-order chi connectivity index (χ0) is 20.6. The molecule has 3 N–H and O–H groups in total. The fourth-order valence-electron chi connectivity index (χ4n) is 4.25.